The van der Waals surface area contributed by atoms with E-state index < -0.39 is 10.0 Å². The molecule has 2 rings (SSSR count). The SMILES string of the molecule is COc1ccc(NC(=O)CSc2ccc(Br)cc2)cc1S(=O)(=O)N(C)C. The number of rotatable bonds is 7. The van der Waals surface area contributed by atoms with Crippen molar-refractivity contribution in [1.82, 2.24) is 4.31 Å². The molecule has 0 aliphatic heterocycles. The Morgan fingerprint density at radius 2 is 1.85 bits per heavy atom. The number of halogens is 1. The molecule has 1 N–H and O–H groups in total. The summed E-state index contributed by atoms with van der Waals surface area (Å²) in [5, 5.41) is 2.72. The first kappa shape index (κ1) is 20.8. The summed E-state index contributed by atoms with van der Waals surface area (Å²) in [5.41, 5.74) is 0.396. The van der Waals surface area contributed by atoms with Gasteiger partial charge in [0, 0.05) is 29.2 Å². The number of nitrogens with one attached hydrogen (secondary N) is 1. The first-order chi connectivity index (χ1) is 12.2. The highest BCUT2D eigenvalue weighted by molar-refractivity contribution is 9.10. The molecule has 6 nitrogen and oxygen atoms in total. The van der Waals surface area contributed by atoms with Crippen molar-refractivity contribution in [2.24, 2.45) is 0 Å². The Morgan fingerprint density at radius 1 is 1.19 bits per heavy atom. The van der Waals surface area contributed by atoms with Gasteiger partial charge in [-0.15, -0.1) is 11.8 Å². The number of hydrogen-bond acceptors (Lipinski definition) is 5. The van der Waals surface area contributed by atoms with Gasteiger partial charge in [0.15, 0.2) is 0 Å². The number of anilines is 1. The summed E-state index contributed by atoms with van der Waals surface area (Å²) >= 11 is 4.76. The van der Waals surface area contributed by atoms with Crippen molar-refractivity contribution in [2.75, 3.05) is 32.3 Å². The molecule has 0 aromatic heterocycles. The Bertz CT molecular complexity index is 884. The molecule has 2 aromatic carbocycles. The Labute approximate surface area is 166 Å². The summed E-state index contributed by atoms with van der Waals surface area (Å²) in [6.45, 7) is 0. The number of carbonyl (C=O) groups is 1. The molecule has 0 heterocycles. The van der Waals surface area contributed by atoms with Crippen LogP contribution in [0.1, 0.15) is 0 Å². The largest absolute Gasteiger partial charge is 0.495 e. The van der Waals surface area contributed by atoms with Gasteiger partial charge in [-0.2, -0.15) is 0 Å². The molecule has 0 radical (unpaired) electrons. The molecule has 0 aliphatic carbocycles. The number of hydrogen-bond donors (Lipinski definition) is 1. The maximum atomic E-state index is 12.4. The number of nitrogens with zero attached hydrogens (tertiary/aromatic N) is 1. The molecular formula is C17H19BrN2O4S2. The zero-order valence-corrected chi connectivity index (χ0v) is 17.7. The van der Waals surface area contributed by atoms with Crippen LogP contribution >= 0.6 is 27.7 Å². The molecule has 1 amide bonds. The van der Waals surface area contributed by atoms with Gasteiger partial charge >= 0.3 is 0 Å². The lowest BCUT2D eigenvalue weighted by Gasteiger charge is -2.16. The van der Waals surface area contributed by atoms with Gasteiger partial charge in [0.1, 0.15) is 10.6 Å². The van der Waals surface area contributed by atoms with E-state index in [0.29, 0.717) is 5.69 Å². The van der Waals surface area contributed by atoms with Gasteiger partial charge in [-0.3, -0.25) is 4.79 Å². The van der Waals surface area contributed by atoms with Crippen molar-refractivity contribution in [2.45, 2.75) is 9.79 Å². The van der Waals surface area contributed by atoms with Crippen LogP contribution in [0.5, 0.6) is 5.75 Å². The van der Waals surface area contributed by atoms with Crippen LogP contribution in [0.25, 0.3) is 0 Å². The van der Waals surface area contributed by atoms with Crippen LogP contribution in [0, 0.1) is 0 Å². The maximum absolute atomic E-state index is 12.4. The molecule has 0 fully saturated rings. The van der Waals surface area contributed by atoms with Gasteiger partial charge in [-0.1, -0.05) is 15.9 Å². The molecule has 140 valence electrons. The van der Waals surface area contributed by atoms with Crippen molar-refractivity contribution in [1.29, 1.82) is 0 Å². The Morgan fingerprint density at radius 3 is 2.42 bits per heavy atom. The molecule has 0 aliphatic rings. The van der Waals surface area contributed by atoms with Crippen LogP contribution in [0.4, 0.5) is 5.69 Å². The lowest BCUT2D eigenvalue weighted by atomic mass is 10.3. The minimum Gasteiger partial charge on any atom is -0.495 e. The van der Waals surface area contributed by atoms with Crippen molar-refractivity contribution in [3.63, 3.8) is 0 Å². The van der Waals surface area contributed by atoms with Crippen molar-refractivity contribution in [3.8, 4) is 5.75 Å². The second kappa shape index (κ2) is 8.90. The average molecular weight is 459 g/mol. The normalized spacial score (nSPS) is 11.4. The van der Waals surface area contributed by atoms with Crippen molar-refractivity contribution >= 4 is 49.3 Å². The highest BCUT2D eigenvalue weighted by Gasteiger charge is 2.23. The molecule has 2 aromatic rings. The van der Waals surface area contributed by atoms with Crippen LogP contribution in [-0.4, -0.2) is 45.6 Å². The zero-order chi connectivity index (χ0) is 19.3. The predicted octanol–water partition coefficient (Wildman–Crippen LogP) is 3.44. The van der Waals surface area contributed by atoms with Crippen molar-refractivity contribution in [3.05, 3.63) is 46.9 Å². The summed E-state index contributed by atoms with van der Waals surface area (Å²) in [7, 11) is 0.589. The smallest absolute Gasteiger partial charge is 0.246 e. The number of sulfonamides is 1. The van der Waals surface area contributed by atoms with Crippen LogP contribution in [0.15, 0.2) is 56.7 Å². The minimum atomic E-state index is -3.69. The van der Waals surface area contributed by atoms with Crippen LogP contribution in [0.3, 0.4) is 0 Å². The molecular weight excluding hydrogens is 440 g/mol. The Kier molecular flexibility index (Phi) is 7.10. The average Bonchev–Trinajstić information content (AvgIpc) is 2.61. The Balaban J connectivity index is 2.11. The number of thioether (sulfide) groups is 1. The number of carbonyl (C=O) groups excluding carboxylic acids is 1. The number of methoxy groups -OCH3 is 1. The first-order valence-corrected chi connectivity index (χ1v) is 10.7. The Hall–Kier alpha value is -1.55. The molecule has 9 heteroatoms. The van der Waals surface area contributed by atoms with Crippen molar-refractivity contribution < 1.29 is 17.9 Å². The third-order valence-electron chi connectivity index (χ3n) is 3.39. The van der Waals surface area contributed by atoms with E-state index in [1.54, 1.807) is 6.07 Å². The zero-order valence-electron chi connectivity index (χ0n) is 14.5. The summed E-state index contributed by atoms with van der Waals surface area (Å²) in [6, 6.07) is 12.2. The van der Waals surface area contributed by atoms with Crippen LogP contribution in [0.2, 0.25) is 0 Å². The molecule has 0 atom stereocenters. The number of benzene rings is 2. The molecule has 26 heavy (non-hydrogen) atoms. The fourth-order valence-electron chi connectivity index (χ4n) is 2.03. The topological polar surface area (TPSA) is 75.7 Å². The fraction of sp³-hybridized carbons (Fsp3) is 0.235. The van der Waals surface area contributed by atoms with Crippen LogP contribution < -0.4 is 10.1 Å². The fourth-order valence-corrected chi connectivity index (χ4v) is 4.07. The minimum absolute atomic E-state index is 0.00311. The standard InChI is InChI=1S/C17H19BrN2O4S2/c1-20(2)26(22,23)16-10-13(6-9-15(16)24-3)19-17(21)11-25-14-7-4-12(18)5-8-14/h4-10H,11H2,1-3H3,(H,19,21). The quantitative estimate of drug-likeness (QED) is 0.643. The van der Waals surface area contributed by atoms with E-state index in [1.807, 2.05) is 24.3 Å². The first-order valence-electron chi connectivity index (χ1n) is 7.53. The van der Waals surface area contributed by atoms with Crippen LogP contribution in [-0.2, 0) is 14.8 Å². The van der Waals surface area contributed by atoms with E-state index >= 15 is 0 Å². The third-order valence-corrected chi connectivity index (χ3v) is 6.77. The second-order valence-corrected chi connectivity index (χ2v) is 9.53. The van der Waals surface area contributed by atoms with E-state index in [4.69, 9.17) is 4.74 Å². The number of ether oxygens (including phenoxy) is 1. The summed E-state index contributed by atoms with van der Waals surface area (Å²) in [5.74, 6) is 0.209. The predicted molar refractivity (Wildman–Crippen MR) is 107 cm³/mol. The second-order valence-electron chi connectivity index (χ2n) is 5.44. The third kappa shape index (κ3) is 5.23. The van der Waals surface area contributed by atoms with E-state index in [9.17, 15) is 13.2 Å². The summed E-state index contributed by atoms with van der Waals surface area (Å²) < 4.78 is 32.0. The monoisotopic (exact) mass is 458 g/mol. The summed E-state index contributed by atoms with van der Waals surface area (Å²) in [4.78, 5) is 13.1. The lowest BCUT2D eigenvalue weighted by Crippen LogP contribution is -2.23. The van der Waals surface area contributed by atoms with E-state index in [2.05, 4.69) is 21.2 Å². The van der Waals surface area contributed by atoms with E-state index in [-0.39, 0.29) is 22.3 Å². The lowest BCUT2D eigenvalue weighted by molar-refractivity contribution is -0.113. The van der Waals surface area contributed by atoms with Gasteiger partial charge in [0.25, 0.3) is 0 Å². The highest BCUT2D eigenvalue weighted by atomic mass is 79.9. The van der Waals surface area contributed by atoms with E-state index in [1.165, 1.54) is 45.1 Å². The highest BCUT2D eigenvalue weighted by Crippen LogP contribution is 2.29. The summed E-state index contributed by atoms with van der Waals surface area (Å²) in [6.07, 6.45) is 0. The van der Waals surface area contributed by atoms with Gasteiger partial charge in [-0.25, -0.2) is 12.7 Å². The molecule has 0 saturated carbocycles. The number of amides is 1. The molecule has 0 saturated heterocycles. The van der Waals surface area contributed by atoms with E-state index in [0.717, 1.165) is 13.7 Å². The van der Waals surface area contributed by atoms with Gasteiger partial charge in [0.2, 0.25) is 15.9 Å². The maximum Gasteiger partial charge on any atom is 0.246 e. The van der Waals surface area contributed by atoms with Gasteiger partial charge in [0.05, 0.1) is 12.9 Å². The molecule has 0 spiro atoms. The molecule has 0 bridgehead atoms. The van der Waals surface area contributed by atoms with Gasteiger partial charge < -0.3 is 10.1 Å². The van der Waals surface area contributed by atoms with Gasteiger partial charge in [-0.05, 0) is 42.5 Å². The molecule has 0 unspecified atom stereocenters.